The maximum Gasteiger partial charge on any atom is 0.271 e. The summed E-state index contributed by atoms with van der Waals surface area (Å²) in [5.41, 5.74) is 4.51. The van der Waals surface area contributed by atoms with Gasteiger partial charge < -0.3 is 4.57 Å². The SMILES string of the molecule is Cn1/c(=N/NC(=O)c2cccc(CS(C)(=O)=O)c2)sc2ccccc21. The summed E-state index contributed by atoms with van der Waals surface area (Å²) in [5.74, 6) is -0.482. The Kier molecular flexibility index (Phi) is 4.73. The maximum absolute atomic E-state index is 12.3. The van der Waals surface area contributed by atoms with Crippen molar-refractivity contribution in [1.29, 1.82) is 0 Å². The quantitative estimate of drug-likeness (QED) is 0.709. The molecule has 0 saturated heterocycles. The Morgan fingerprint density at radius 1 is 1.20 bits per heavy atom. The van der Waals surface area contributed by atoms with Crippen molar-refractivity contribution in [3.8, 4) is 0 Å². The maximum atomic E-state index is 12.3. The predicted molar refractivity (Wildman–Crippen MR) is 98.8 cm³/mol. The van der Waals surface area contributed by atoms with Crippen molar-refractivity contribution >= 4 is 37.3 Å². The van der Waals surface area contributed by atoms with Crippen molar-refractivity contribution in [2.24, 2.45) is 12.1 Å². The zero-order valence-electron chi connectivity index (χ0n) is 13.8. The number of rotatable bonds is 4. The summed E-state index contributed by atoms with van der Waals surface area (Å²) in [7, 11) is -1.27. The number of para-hydroxylation sites is 1. The Morgan fingerprint density at radius 3 is 2.68 bits per heavy atom. The Labute approximate surface area is 149 Å². The zero-order chi connectivity index (χ0) is 18.0. The lowest BCUT2D eigenvalue weighted by Gasteiger charge is -2.03. The van der Waals surface area contributed by atoms with Crippen molar-refractivity contribution < 1.29 is 13.2 Å². The molecule has 8 heteroatoms. The summed E-state index contributed by atoms with van der Waals surface area (Å²) in [6, 6.07) is 14.4. The largest absolute Gasteiger partial charge is 0.318 e. The van der Waals surface area contributed by atoms with Crippen LogP contribution >= 0.6 is 11.3 Å². The van der Waals surface area contributed by atoms with Gasteiger partial charge in [-0.25, -0.2) is 13.8 Å². The van der Waals surface area contributed by atoms with Crippen LogP contribution in [0.2, 0.25) is 0 Å². The molecule has 0 aliphatic rings. The van der Waals surface area contributed by atoms with Gasteiger partial charge in [0.2, 0.25) is 4.80 Å². The highest BCUT2D eigenvalue weighted by Gasteiger charge is 2.09. The molecule has 1 N–H and O–H groups in total. The van der Waals surface area contributed by atoms with Gasteiger partial charge in [0, 0.05) is 18.9 Å². The number of amides is 1. The van der Waals surface area contributed by atoms with E-state index in [1.54, 1.807) is 24.3 Å². The van der Waals surface area contributed by atoms with Crippen LogP contribution in [0, 0.1) is 0 Å². The van der Waals surface area contributed by atoms with Crippen molar-refractivity contribution in [2.45, 2.75) is 5.75 Å². The van der Waals surface area contributed by atoms with Crippen molar-refractivity contribution in [1.82, 2.24) is 9.99 Å². The number of fused-ring (bicyclic) bond motifs is 1. The molecule has 1 amide bonds. The molecule has 0 spiro atoms. The first kappa shape index (κ1) is 17.4. The smallest absolute Gasteiger partial charge is 0.271 e. The first-order chi connectivity index (χ1) is 11.8. The zero-order valence-corrected chi connectivity index (χ0v) is 15.4. The molecule has 0 atom stereocenters. The van der Waals surface area contributed by atoms with Crippen LogP contribution in [-0.2, 0) is 22.6 Å². The van der Waals surface area contributed by atoms with Gasteiger partial charge in [-0.2, -0.15) is 0 Å². The van der Waals surface area contributed by atoms with Gasteiger partial charge in [0.15, 0.2) is 9.84 Å². The first-order valence-corrected chi connectivity index (χ1v) is 10.4. The number of aromatic nitrogens is 1. The van der Waals surface area contributed by atoms with Crippen LogP contribution in [0.4, 0.5) is 0 Å². The lowest BCUT2D eigenvalue weighted by atomic mass is 10.1. The Hall–Kier alpha value is -2.45. The normalized spacial score (nSPS) is 12.5. The van der Waals surface area contributed by atoms with Crippen LogP contribution in [-0.4, -0.2) is 25.1 Å². The number of hydrogen-bond donors (Lipinski definition) is 1. The van der Waals surface area contributed by atoms with E-state index in [0.717, 1.165) is 16.5 Å². The van der Waals surface area contributed by atoms with E-state index in [0.29, 0.717) is 15.9 Å². The summed E-state index contributed by atoms with van der Waals surface area (Å²) in [4.78, 5) is 13.0. The molecule has 25 heavy (non-hydrogen) atoms. The number of carbonyl (C=O) groups is 1. The summed E-state index contributed by atoms with van der Waals surface area (Å²) in [6.07, 6.45) is 1.16. The molecule has 0 radical (unpaired) electrons. The van der Waals surface area contributed by atoms with Crippen LogP contribution in [0.25, 0.3) is 10.2 Å². The van der Waals surface area contributed by atoms with Crippen LogP contribution < -0.4 is 10.2 Å². The third kappa shape index (κ3) is 4.15. The van der Waals surface area contributed by atoms with E-state index < -0.39 is 9.84 Å². The van der Waals surface area contributed by atoms with E-state index in [9.17, 15) is 13.2 Å². The number of sulfone groups is 1. The van der Waals surface area contributed by atoms with E-state index in [2.05, 4.69) is 10.5 Å². The minimum Gasteiger partial charge on any atom is -0.318 e. The Balaban J connectivity index is 1.84. The third-order valence-corrected chi connectivity index (χ3v) is 5.56. The van der Waals surface area contributed by atoms with Gasteiger partial charge in [0.1, 0.15) is 0 Å². The predicted octanol–water partition coefficient (Wildman–Crippen LogP) is 2.03. The average Bonchev–Trinajstić information content (AvgIpc) is 2.88. The molecular weight excluding hydrogens is 358 g/mol. The number of aryl methyl sites for hydroxylation is 1. The fourth-order valence-electron chi connectivity index (χ4n) is 2.46. The van der Waals surface area contributed by atoms with E-state index in [1.165, 1.54) is 11.3 Å². The molecular formula is C17H17N3O3S2. The number of thiazole rings is 1. The van der Waals surface area contributed by atoms with Gasteiger partial charge >= 0.3 is 0 Å². The second-order valence-corrected chi connectivity index (χ2v) is 8.88. The molecule has 2 aromatic carbocycles. The number of nitrogens with zero attached hydrogens (tertiary/aromatic N) is 2. The lowest BCUT2D eigenvalue weighted by molar-refractivity contribution is 0.0953. The molecule has 6 nitrogen and oxygen atoms in total. The molecule has 0 saturated carbocycles. The highest BCUT2D eigenvalue weighted by atomic mass is 32.2. The molecule has 0 bridgehead atoms. The Bertz CT molecular complexity index is 1110. The molecule has 1 aromatic heterocycles. The van der Waals surface area contributed by atoms with Gasteiger partial charge in [0.25, 0.3) is 5.91 Å². The number of hydrogen-bond acceptors (Lipinski definition) is 5. The van der Waals surface area contributed by atoms with E-state index >= 15 is 0 Å². The van der Waals surface area contributed by atoms with Crippen molar-refractivity contribution in [3.05, 3.63) is 64.5 Å². The number of carbonyl (C=O) groups excluding carboxylic acids is 1. The van der Waals surface area contributed by atoms with Crippen molar-refractivity contribution in [3.63, 3.8) is 0 Å². The second-order valence-electron chi connectivity index (χ2n) is 5.73. The minimum absolute atomic E-state index is 0.101. The molecule has 0 aliphatic carbocycles. The topological polar surface area (TPSA) is 80.5 Å². The summed E-state index contributed by atoms with van der Waals surface area (Å²) >= 11 is 1.47. The third-order valence-electron chi connectivity index (χ3n) is 3.59. The Morgan fingerprint density at radius 2 is 1.96 bits per heavy atom. The van der Waals surface area contributed by atoms with Crippen LogP contribution in [0.1, 0.15) is 15.9 Å². The van der Waals surface area contributed by atoms with Crippen LogP contribution in [0.3, 0.4) is 0 Å². The van der Waals surface area contributed by atoms with Gasteiger partial charge in [-0.1, -0.05) is 35.6 Å². The highest BCUT2D eigenvalue weighted by molar-refractivity contribution is 7.89. The molecule has 0 aliphatic heterocycles. The highest BCUT2D eigenvalue weighted by Crippen LogP contribution is 2.15. The van der Waals surface area contributed by atoms with E-state index in [4.69, 9.17) is 0 Å². The first-order valence-electron chi connectivity index (χ1n) is 7.49. The molecule has 3 rings (SSSR count). The summed E-state index contributed by atoms with van der Waals surface area (Å²) in [5, 5.41) is 4.19. The van der Waals surface area contributed by atoms with Gasteiger partial charge in [-0.15, -0.1) is 5.10 Å². The summed E-state index contributed by atoms with van der Waals surface area (Å²) in [6.45, 7) is 0. The van der Waals surface area contributed by atoms with E-state index in [1.807, 2.05) is 35.9 Å². The molecule has 3 aromatic rings. The van der Waals surface area contributed by atoms with Crippen LogP contribution in [0.15, 0.2) is 53.6 Å². The monoisotopic (exact) mass is 375 g/mol. The van der Waals surface area contributed by atoms with Gasteiger partial charge in [0.05, 0.1) is 16.0 Å². The van der Waals surface area contributed by atoms with Crippen LogP contribution in [0.5, 0.6) is 0 Å². The average molecular weight is 375 g/mol. The fourth-order valence-corrected chi connectivity index (χ4v) is 4.22. The van der Waals surface area contributed by atoms with Crippen molar-refractivity contribution in [2.75, 3.05) is 6.26 Å². The number of nitrogens with one attached hydrogen (secondary N) is 1. The molecule has 0 unspecified atom stereocenters. The molecule has 1 heterocycles. The number of benzene rings is 2. The van der Waals surface area contributed by atoms with Gasteiger partial charge in [-0.05, 0) is 29.8 Å². The lowest BCUT2D eigenvalue weighted by Crippen LogP contribution is -2.23. The molecule has 0 fully saturated rings. The standard InChI is InChI=1S/C17H17N3O3S2/c1-20-14-8-3-4-9-15(14)24-17(20)19-18-16(21)13-7-5-6-12(10-13)11-25(2,22)23/h3-10H,11H2,1-2H3,(H,18,21)/b19-17-. The minimum atomic E-state index is -3.15. The van der Waals surface area contributed by atoms with E-state index in [-0.39, 0.29) is 11.7 Å². The summed E-state index contributed by atoms with van der Waals surface area (Å²) < 4.78 is 25.8. The fraction of sp³-hybridized carbons (Fsp3) is 0.176. The molecule has 130 valence electrons. The second kappa shape index (κ2) is 6.81. The van der Waals surface area contributed by atoms with Gasteiger partial charge in [-0.3, -0.25) is 4.79 Å².